The van der Waals surface area contributed by atoms with Crippen molar-refractivity contribution in [3.63, 3.8) is 0 Å². The molecule has 0 spiro atoms. The van der Waals surface area contributed by atoms with E-state index in [1.54, 1.807) is 0 Å². The molecule has 1 aromatic heterocycles. The number of amidine groups is 1. The minimum absolute atomic E-state index is 0.172. The van der Waals surface area contributed by atoms with Crippen LogP contribution in [0.3, 0.4) is 0 Å². The topological polar surface area (TPSA) is 67.1 Å². The third-order valence-corrected chi connectivity index (χ3v) is 6.30. The van der Waals surface area contributed by atoms with Crippen molar-refractivity contribution in [2.24, 2.45) is 10.7 Å². The second-order valence-corrected chi connectivity index (χ2v) is 9.95. The van der Waals surface area contributed by atoms with Crippen LogP contribution in [0, 0.1) is 0 Å². The number of hydrogen-bond donors (Lipinski definition) is 2. The number of nitrogens with two attached hydrogens (primary N) is 1. The van der Waals surface area contributed by atoms with E-state index in [9.17, 15) is 0 Å². The molecule has 1 aliphatic rings. The number of aliphatic imine (C=N–C) groups is 1. The highest BCUT2D eigenvalue weighted by atomic mass is 14.9. The van der Waals surface area contributed by atoms with Gasteiger partial charge in [0.15, 0.2) is 0 Å². The van der Waals surface area contributed by atoms with Gasteiger partial charge in [-0.2, -0.15) is 0 Å². The first-order chi connectivity index (χ1) is 13.6. The van der Waals surface area contributed by atoms with Crippen molar-refractivity contribution in [3.8, 4) is 11.4 Å². The highest BCUT2D eigenvalue weighted by Crippen LogP contribution is 2.46. The first-order valence-corrected chi connectivity index (χ1v) is 10.6. The van der Waals surface area contributed by atoms with Crippen LogP contribution in [0.5, 0.6) is 0 Å². The number of aromatic amines is 1. The van der Waals surface area contributed by atoms with E-state index in [1.165, 1.54) is 24.0 Å². The fourth-order valence-corrected chi connectivity index (χ4v) is 4.39. The van der Waals surface area contributed by atoms with Crippen LogP contribution in [0.25, 0.3) is 22.4 Å². The van der Waals surface area contributed by atoms with E-state index in [0.29, 0.717) is 5.84 Å². The third kappa shape index (κ3) is 3.57. The molecule has 0 saturated heterocycles. The van der Waals surface area contributed by atoms with Gasteiger partial charge in [-0.1, -0.05) is 39.8 Å². The van der Waals surface area contributed by atoms with Crippen LogP contribution >= 0.6 is 0 Å². The molecular formula is C25H32N4. The summed E-state index contributed by atoms with van der Waals surface area (Å²) in [5, 5.41) is 0. The highest BCUT2D eigenvalue weighted by molar-refractivity contribution is 6.00. The Bertz CT molecular complexity index is 1100. The Morgan fingerprint density at radius 2 is 1.69 bits per heavy atom. The van der Waals surface area contributed by atoms with E-state index in [4.69, 9.17) is 10.7 Å². The van der Waals surface area contributed by atoms with Gasteiger partial charge in [-0.15, -0.1) is 0 Å². The van der Waals surface area contributed by atoms with Gasteiger partial charge in [-0.05, 0) is 72.9 Å². The van der Waals surface area contributed by atoms with Crippen LogP contribution in [0.15, 0.2) is 41.4 Å². The van der Waals surface area contributed by atoms with Crippen LogP contribution in [0.1, 0.15) is 71.1 Å². The number of fused-ring (bicyclic) bond motifs is 2. The molecule has 4 heteroatoms. The first-order valence-electron chi connectivity index (χ1n) is 10.6. The van der Waals surface area contributed by atoms with E-state index in [-0.39, 0.29) is 16.9 Å². The van der Waals surface area contributed by atoms with Gasteiger partial charge >= 0.3 is 0 Å². The molecular weight excluding hydrogens is 356 g/mol. The second kappa shape index (κ2) is 6.72. The largest absolute Gasteiger partial charge is 0.383 e. The molecule has 0 bridgehead atoms. The average Bonchev–Trinajstić information content (AvgIpc) is 3.08. The molecule has 0 fully saturated rings. The molecule has 1 heterocycles. The molecule has 2 aromatic carbocycles. The smallest absolute Gasteiger partial charge is 0.138 e. The van der Waals surface area contributed by atoms with Gasteiger partial charge in [0.1, 0.15) is 11.7 Å². The summed E-state index contributed by atoms with van der Waals surface area (Å²) in [6.07, 6.45) is 2.42. The van der Waals surface area contributed by atoms with E-state index >= 15 is 0 Å². The van der Waals surface area contributed by atoms with Gasteiger partial charge in [0, 0.05) is 17.2 Å². The maximum absolute atomic E-state index is 6.15. The quantitative estimate of drug-likeness (QED) is 0.447. The van der Waals surface area contributed by atoms with Gasteiger partial charge in [0.05, 0.1) is 11.0 Å². The van der Waals surface area contributed by atoms with Crippen LogP contribution < -0.4 is 5.73 Å². The normalized spacial score (nSPS) is 18.2. The molecule has 0 unspecified atom stereocenters. The summed E-state index contributed by atoms with van der Waals surface area (Å²) in [5.41, 5.74) is 13.5. The van der Waals surface area contributed by atoms with Gasteiger partial charge in [0.25, 0.3) is 0 Å². The molecule has 4 nitrogen and oxygen atoms in total. The zero-order valence-electron chi connectivity index (χ0n) is 18.4. The fourth-order valence-electron chi connectivity index (χ4n) is 4.39. The third-order valence-electron chi connectivity index (χ3n) is 6.30. The van der Waals surface area contributed by atoms with Crippen molar-refractivity contribution in [1.29, 1.82) is 0 Å². The maximum Gasteiger partial charge on any atom is 0.138 e. The summed E-state index contributed by atoms with van der Waals surface area (Å²) in [7, 11) is 0. The van der Waals surface area contributed by atoms with E-state index in [0.717, 1.165) is 28.0 Å². The summed E-state index contributed by atoms with van der Waals surface area (Å²) in [6, 6.07) is 13.1. The number of nitrogens with one attached hydrogen (secondary N) is 1. The summed E-state index contributed by atoms with van der Waals surface area (Å²) < 4.78 is 0. The molecule has 0 atom stereocenters. The lowest BCUT2D eigenvalue weighted by Gasteiger charge is -2.42. The summed E-state index contributed by atoms with van der Waals surface area (Å²) in [6.45, 7) is 13.5. The molecule has 1 aliphatic carbocycles. The lowest BCUT2D eigenvalue weighted by molar-refractivity contribution is 0.332. The number of H-pyrrole nitrogens is 1. The molecule has 0 amide bonds. The van der Waals surface area contributed by atoms with Crippen molar-refractivity contribution in [2.75, 3.05) is 0 Å². The van der Waals surface area contributed by atoms with Gasteiger partial charge in [-0.3, -0.25) is 4.99 Å². The van der Waals surface area contributed by atoms with Crippen molar-refractivity contribution < 1.29 is 0 Å². The molecule has 152 valence electrons. The Labute approximate surface area is 173 Å². The van der Waals surface area contributed by atoms with E-state index in [2.05, 4.69) is 55.9 Å². The van der Waals surface area contributed by atoms with Crippen molar-refractivity contribution in [2.45, 2.75) is 71.3 Å². The zero-order valence-corrected chi connectivity index (χ0v) is 18.4. The lowest BCUT2D eigenvalue weighted by Crippen LogP contribution is -2.33. The minimum atomic E-state index is 0.172. The Hall–Kier alpha value is -2.62. The average molecular weight is 389 g/mol. The molecule has 4 rings (SSSR count). The number of imidazole rings is 1. The number of hydrogen-bond acceptors (Lipinski definition) is 2. The summed E-state index contributed by atoms with van der Waals surface area (Å²) in [4.78, 5) is 12.8. The lowest BCUT2D eigenvalue weighted by atomic mass is 9.63. The SMILES string of the molecule is CC(C)N=C(N)c1ccc2nc(-c3ccc4c(c3)C(C)(C)CCC4(C)C)[nH]c2c1. The standard InChI is InChI=1S/C25H32N4/c1-15(2)27-22(26)16-8-10-20-21(14-16)29-23(28-20)17-7-9-18-19(13-17)25(5,6)12-11-24(18,3)4/h7-10,13-15H,11-12H2,1-6H3,(H2,26,27)(H,28,29). The van der Waals surface area contributed by atoms with Crippen molar-refractivity contribution in [3.05, 3.63) is 53.1 Å². The van der Waals surface area contributed by atoms with Crippen LogP contribution in [0.2, 0.25) is 0 Å². The minimum Gasteiger partial charge on any atom is -0.383 e. The summed E-state index contributed by atoms with van der Waals surface area (Å²) >= 11 is 0. The second-order valence-electron chi connectivity index (χ2n) is 9.95. The Balaban J connectivity index is 1.78. The molecule has 3 N–H and O–H groups in total. The highest BCUT2D eigenvalue weighted by Gasteiger charge is 2.37. The zero-order chi connectivity index (χ0) is 21.0. The Kier molecular flexibility index (Phi) is 4.56. The molecule has 29 heavy (non-hydrogen) atoms. The maximum atomic E-state index is 6.15. The first kappa shape index (κ1) is 19.7. The van der Waals surface area contributed by atoms with Crippen LogP contribution in [-0.4, -0.2) is 21.8 Å². The Morgan fingerprint density at radius 3 is 2.38 bits per heavy atom. The monoisotopic (exact) mass is 388 g/mol. The van der Waals surface area contributed by atoms with E-state index < -0.39 is 0 Å². The van der Waals surface area contributed by atoms with Gasteiger partial charge < -0.3 is 10.7 Å². The summed E-state index contributed by atoms with van der Waals surface area (Å²) in [5.74, 6) is 1.47. The molecule has 0 radical (unpaired) electrons. The molecule has 0 aliphatic heterocycles. The number of benzene rings is 2. The Morgan fingerprint density at radius 1 is 1.00 bits per heavy atom. The number of rotatable bonds is 3. The van der Waals surface area contributed by atoms with Crippen LogP contribution in [0.4, 0.5) is 0 Å². The number of nitrogens with zero attached hydrogens (tertiary/aromatic N) is 2. The van der Waals surface area contributed by atoms with Crippen molar-refractivity contribution >= 4 is 16.9 Å². The number of aromatic nitrogens is 2. The van der Waals surface area contributed by atoms with Gasteiger partial charge in [-0.25, -0.2) is 4.98 Å². The predicted octanol–water partition coefficient (Wildman–Crippen LogP) is 5.69. The van der Waals surface area contributed by atoms with Crippen molar-refractivity contribution in [1.82, 2.24) is 9.97 Å². The van der Waals surface area contributed by atoms with E-state index in [1.807, 2.05) is 32.0 Å². The van der Waals surface area contributed by atoms with Crippen LogP contribution in [-0.2, 0) is 10.8 Å². The fraction of sp³-hybridized carbons (Fsp3) is 0.440. The van der Waals surface area contributed by atoms with Gasteiger partial charge in [0.2, 0.25) is 0 Å². The molecule has 0 saturated carbocycles. The predicted molar refractivity (Wildman–Crippen MR) is 123 cm³/mol. The molecule has 3 aromatic rings.